The zero-order valence-electron chi connectivity index (χ0n) is 11.8. The summed E-state index contributed by atoms with van der Waals surface area (Å²) in [5, 5.41) is 0. The molecule has 0 amide bonds. The molecule has 0 bridgehead atoms. The maximum absolute atomic E-state index is 4.77. The van der Waals surface area contributed by atoms with Crippen LogP contribution in [0.3, 0.4) is 0 Å². The van der Waals surface area contributed by atoms with E-state index in [1.165, 1.54) is 44.6 Å². The first-order valence-electron chi connectivity index (χ1n) is 6.56. The van der Waals surface area contributed by atoms with Crippen LogP contribution in [0.1, 0.15) is 39.2 Å². The highest BCUT2D eigenvalue weighted by atomic mass is 14.7. The van der Waals surface area contributed by atoms with Gasteiger partial charge in [0.2, 0.25) is 0 Å². The number of pyridine rings is 1. The first-order chi connectivity index (χ1) is 8.49. The van der Waals surface area contributed by atoms with E-state index < -0.39 is 0 Å². The molecule has 0 unspecified atom stereocenters. The van der Waals surface area contributed by atoms with Crippen molar-refractivity contribution in [2.75, 3.05) is 0 Å². The highest BCUT2D eigenvalue weighted by Crippen LogP contribution is 2.40. The van der Waals surface area contributed by atoms with Crippen LogP contribution in [0.2, 0.25) is 0 Å². The minimum atomic E-state index is 0.999. The van der Waals surface area contributed by atoms with Crippen LogP contribution in [0.15, 0.2) is 12.1 Å². The van der Waals surface area contributed by atoms with E-state index in [2.05, 4.69) is 46.8 Å². The Morgan fingerprint density at radius 1 is 0.833 bits per heavy atom. The number of nitrogens with zero attached hydrogens (tertiary/aromatic N) is 1. The number of hydrogen-bond donors (Lipinski definition) is 0. The van der Waals surface area contributed by atoms with Gasteiger partial charge in [-0.15, -0.1) is 0 Å². The Hall–Kier alpha value is -1.63. The van der Waals surface area contributed by atoms with Gasteiger partial charge in [0.1, 0.15) is 0 Å². The normalized spacial score (nSPS) is 12.5. The third kappa shape index (κ3) is 1.43. The standard InChI is InChI=1S/C17H19N/c1-9-6-15-14(12(4)11(9)3)8-17-16(15)7-10(2)13(5)18-17/h6-7H,8H2,1-5H3. The van der Waals surface area contributed by atoms with Crippen molar-refractivity contribution in [1.29, 1.82) is 0 Å². The Morgan fingerprint density at radius 2 is 1.50 bits per heavy atom. The lowest BCUT2D eigenvalue weighted by Crippen LogP contribution is -1.94. The van der Waals surface area contributed by atoms with E-state index in [4.69, 9.17) is 4.98 Å². The lowest BCUT2D eigenvalue weighted by molar-refractivity contribution is 1.04. The topological polar surface area (TPSA) is 12.9 Å². The molecule has 1 aromatic heterocycles. The number of rotatable bonds is 0. The fourth-order valence-corrected chi connectivity index (χ4v) is 2.89. The maximum Gasteiger partial charge on any atom is 0.0529 e. The molecule has 1 aromatic carbocycles. The zero-order valence-corrected chi connectivity index (χ0v) is 11.8. The van der Waals surface area contributed by atoms with Gasteiger partial charge in [0.25, 0.3) is 0 Å². The summed E-state index contributed by atoms with van der Waals surface area (Å²) in [5.74, 6) is 0. The molecule has 0 aliphatic heterocycles. The fourth-order valence-electron chi connectivity index (χ4n) is 2.89. The Kier molecular flexibility index (Phi) is 2.34. The average Bonchev–Trinajstić information content (AvgIpc) is 2.66. The van der Waals surface area contributed by atoms with Crippen LogP contribution in [0.4, 0.5) is 0 Å². The maximum atomic E-state index is 4.77. The molecule has 92 valence electrons. The van der Waals surface area contributed by atoms with Crippen LogP contribution in [-0.2, 0) is 6.42 Å². The summed E-state index contributed by atoms with van der Waals surface area (Å²) in [6, 6.07) is 4.64. The Labute approximate surface area is 109 Å². The molecule has 0 spiro atoms. The van der Waals surface area contributed by atoms with Gasteiger partial charge in [-0.2, -0.15) is 0 Å². The monoisotopic (exact) mass is 237 g/mol. The lowest BCUT2D eigenvalue weighted by Gasteiger charge is -2.11. The molecule has 1 aliphatic rings. The van der Waals surface area contributed by atoms with E-state index in [1.54, 1.807) is 0 Å². The Morgan fingerprint density at radius 3 is 2.22 bits per heavy atom. The van der Waals surface area contributed by atoms with Gasteiger partial charge in [-0.05, 0) is 74.1 Å². The van der Waals surface area contributed by atoms with Crippen LogP contribution in [0, 0.1) is 34.6 Å². The molecule has 2 aromatic rings. The summed E-state index contributed by atoms with van der Waals surface area (Å²) in [6.45, 7) is 10.9. The molecule has 1 aliphatic carbocycles. The van der Waals surface area contributed by atoms with Gasteiger partial charge in [-0.3, -0.25) is 4.98 Å². The van der Waals surface area contributed by atoms with Crippen LogP contribution < -0.4 is 0 Å². The number of fused-ring (bicyclic) bond motifs is 3. The largest absolute Gasteiger partial charge is 0.257 e. The zero-order chi connectivity index (χ0) is 13.0. The second-order valence-corrected chi connectivity index (χ2v) is 5.53. The third-order valence-electron chi connectivity index (χ3n) is 4.47. The lowest BCUT2D eigenvalue weighted by atomic mass is 9.94. The van der Waals surface area contributed by atoms with Gasteiger partial charge in [-0.1, -0.05) is 6.07 Å². The molecular formula is C17H19N. The quantitative estimate of drug-likeness (QED) is 0.571. The predicted octanol–water partition coefficient (Wildman–Crippen LogP) is 4.19. The summed E-state index contributed by atoms with van der Waals surface area (Å²) in [4.78, 5) is 4.77. The first-order valence-corrected chi connectivity index (χ1v) is 6.56. The van der Waals surface area contributed by atoms with Gasteiger partial charge in [0.15, 0.2) is 0 Å². The SMILES string of the molecule is Cc1cc2c(nc1C)Cc1c-2cc(C)c(C)c1C. The van der Waals surface area contributed by atoms with Gasteiger partial charge in [-0.25, -0.2) is 0 Å². The number of aryl methyl sites for hydroxylation is 3. The first kappa shape index (κ1) is 11.5. The van der Waals surface area contributed by atoms with Crippen molar-refractivity contribution in [1.82, 2.24) is 4.98 Å². The molecule has 3 rings (SSSR count). The van der Waals surface area contributed by atoms with E-state index in [0.29, 0.717) is 0 Å². The summed E-state index contributed by atoms with van der Waals surface area (Å²) in [6.07, 6.45) is 0.999. The predicted molar refractivity (Wildman–Crippen MR) is 76.2 cm³/mol. The van der Waals surface area contributed by atoms with Gasteiger partial charge in [0, 0.05) is 17.7 Å². The van der Waals surface area contributed by atoms with Crippen LogP contribution >= 0.6 is 0 Å². The van der Waals surface area contributed by atoms with E-state index in [0.717, 1.165) is 12.1 Å². The van der Waals surface area contributed by atoms with E-state index in [-0.39, 0.29) is 0 Å². The van der Waals surface area contributed by atoms with E-state index in [9.17, 15) is 0 Å². The minimum absolute atomic E-state index is 0.999. The molecule has 0 N–H and O–H groups in total. The highest BCUT2D eigenvalue weighted by Gasteiger charge is 2.23. The highest BCUT2D eigenvalue weighted by molar-refractivity contribution is 5.78. The molecule has 0 radical (unpaired) electrons. The summed E-state index contributed by atoms with van der Waals surface area (Å²) >= 11 is 0. The molecule has 0 saturated carbocycles. The number of aromatic nitrogens is 1. The van der Waals surface area contributed by atoms with Crippen molar-refractivity contribution in [3.63, 3.8) is 0 Å². The fraction of sp³-hybridized carbons (Fsp3) is 0.353. The van der Waals surface area contributed by atoms with Crippen molar-refractivity contribution in [2.45, 2.75) is 41.0 Å². The second kappa shape index (κ2) is 3.68. The second-order valence-electron chi connectivity index (χ2n) is 5.53. The molecule has 18 heavy (non-hydrogen) atoms. The molecule has 1 heterocycles. The van der Waals surface area contributed by atoms with Crippen molar-refractivity contribution in [3.05, 3.63) is 51.3 Å². The third-order valence-corrected chi connectivity index (χ3v) is 4.47. The molecular weight excluding hydrogens is 218 g/mol. The van der Waals surface area contributed by atoms with Crippen molar-refractivity contribution in [3.8, 4) is 11.1 Å². The van der Waals surface area contributed by atoms with Gasteiger partial charge < -0.3 is 0 Å². The summed E-state index contributed by atoms with van der Waals surface area (Å²) < 4.78 is 0. The number of hydrogen-bond acceptors (Lipinski definition) is 1. The van der Waals surface area contributed by atoms with Crippen LogP contribution in [-0.4, -0.2) is 4.98 Å². The molecule has 1 heteroatoms. The van der Waals surface area contributed by atoms with Crippen molar-refractivity contribution >= 4 is 0 Å². The smallest absolute Gasteiger partial charge is 0.0529 e. The van der Waals surface area contributed by atoms with Crippen LogP contribution in [0.25, 0.3) is 11.1 Å². The van der Waals surface area contributed by atoms with Crippen LogP contribution in [0.5, 0.6) is 0 Å². The minimum Gasteiger partial charge on any atom is -0.257 e. The Bertz CT molecular complexity index is 666. The average molecular weight is 237 g/mol. The van der Waals surface area contributed by atoms with Crippen molar-refractivity contribution < 1.29 is 0 Å². The van der Waals surface area contributed by atoms with Gasteiger partial charge in [0.05, 0.1) is 5.69 Å². The molecule has 0 fully saturated rings. The van der Waals surface area contributed by atoms with Gasteiger partial charge >= 0.3 is 0 Å². The molecule has 0 saturated heterocycles. The van der Waals surface area contributed by atoms with E-state index >= 15 is 0 Å². The summed E-state index contributed by atoms with van der Waals surface area (Å²) in [5.41, 5.74) is 12.2. The molecule has 1 nitrogen and oxygen atoms in total. The number of benzene rings is 1. The summed E-state index contributed by atoms with van der Waals surface area (Å²) in [7, 11) is 0. The van der Waals surface area contributed by atoms with E-state index in [1.807, 2.05) is 0 Å². The Balaban J connectivity index is 2.32. The van der Waals surface area contributed by atoms with Crippen molar-refractivity contribution in [2.24, 2.45) is 0 Å². The molecule has 0 atom stereocenters.